The number of ether oxygens (including phenoxy) is 2. The molecule has 0 unspecified atom stereocenters. The van der Waals surface area contributed by atoms with E-state index in [1.807, 2.05) is 13.8 Å². The Hall–Kier alpha value is -2.22. The number of hydrazone groups is 1. The maximum absolute atomic E-state index is 12.2. The molecule has 28 heavy (non-hydrogen) atoms. The van der Waals surface area contributed by atoms with Gasteiger partial charge in [-0.05, 0) is 37.1 Å². The summed E-state index contributed by atoms with van der Waals surface area (Å²) in [5.41, 5.74) is 8.51. The molecule has 0 fully saturated rings. The van der Waals surface area contributed by atoms with Crippen LogP contribution < -0.4 is 20.6 Å². The molecule has 1 amide bonds. The standard InChI is InChI=1S/C18H19Cl3N4O3/c1-3-7-28-11-6-5-10(8-12(11)27-4-2)9-23-25-18(26)16-13(19)15(22)14(20)17(21)24-16/h5-6,8-9H,3-4,7H2,1-2H3,(H2,22,24)(H,25,26)/b23-9+. The minimum absolute atomic E-state index is 0.0134. The summed E-state index contributed by atoms with van der Waals surface area (Å²) in [5.74, 6) is 0.555. The van der Waals surface area contributed by atoms with Crippen LogP contribution in [0.25, 0.3) is 0 Å². The van der Waals surface area contributed by atoms with E-state index in [-0.39, 0.29) is 26.6 Å². The first-order valence-electron chi connectivity index (χ1n) is 8.42. The molecule has 1 aromatic carbocycles. The van der Waals surface area contributed by atoms with Gasteiger partial charge in [-0.25, -0.2) is 10.4 Å². The molecule has 0 saturated heterocycles. The highest BCUT2D eigenvalue weighted by molar-refractivity contribution is 6.46. The van der Waals surface area contributed by atoms with Crippen molar-refractivity contribution in [1.82, 2.24) is 10.4 Å². The number of pyridine rings is 1. The quantitative estimate of drug-likeness (QED) is 0.352. The minimum atomic E-state index is -0.681. The molecule has 0 spiro atoms. The third-order valence-corrected chi connectivity index (χ3v) is 4.53. The lowest BCUT2D eigenvalue weighted by Crippen LogP contribution is -2.20. The zero-order chi connectivity index (χ0) is 20.7. The number of carbonyl (C=O) groups excluding carboxylic acids is 1. The second-order valence-corrected chi connectivity index (χ2v) is 6.59. The van der Waals surface area contributed by atoms with Crippen LogP contribution in [0.2, 0.25) is 15.2 Å². The number of nitrogens with one attached hydrogen (secondary N) is 1. The Morgan fingerprint density at radius 3 is 2.64 bits per heavy atom. The average molecular weight is 446 g/mol. The molecule has 2 aromatic rings. The van der Waals surface area contributed by atoms with Crippen LogP contribution in [0.3, 0.4) is 0 Å². The molecule has 0 bridgehead atoms. The number of rotatable bonds is 8. The molecule has 0 atom stereocenters. The third kappa shape index (κ3) is 5.41. The summed E-state index contributed by atoms with van der Waals surface area (Å²) in [7, 11) is 0. The van der Waals surface area contributed by atoms with Crippen molar-refractivity contribution in [2.45, 2.75) is 20.3 Å². The van der Waals surface area contributed by atoms with Gasteiger partial charge in [0, 0.05) is 0 Å². The van der Waals surface area contributed by atoms with Gasteiger partial charge in [-0.1, -0.05) is 41.7 Å². The van der Waals surface area contributed by atoms with E-state index >= 15 is 0 Å². The summed E-state index contributed by atoms with van der Waals surface area (Å²) in [5, 5.41) is 3.66. The van der Waals surface area contributed by atoms with Crippen LogP contribution in [0.1, 0.15) is 36.3 Å². The van der Waals surface area contributed by atoms with Gasteiger partial charge in [0.2, 0.25) is 0 Å². The average Bonchev–Trinajstić information content (AvgIpc) is 2.68. The third-order valence-electron chi connectivity index (χ3n) is 3.40. The van der Waals surface area contributed by atoms with Crippen molar-refractivity contribution in [3.05, 3.63) is 44.7 Å². The fraction of sp³-hybridized carbons (Fsp3) is 0.278. The normalized spacial score (nSPS) is 10.9. The molecule has 0 aliphatic heterocycles. The molecule has 7 nitrogen and oxygen atoms in total. The zero-order valence-electron chi connectivity index (χ0n) is 15.3. The lowest BCUT2D eigenvalue weighted by Gasteiger charge is -2.11. The molecule has 2 rings (SSSR count). The number of halogens is 3. The van der Waals surface area contributed by atoms with Crippen LogP contribution in [-0.4, -0.2) is 30.3 Å². The molecule has 0 radical (unpaired) electrons. The summed E-state index contributed by atoms with van der Waals surface area (Å²) in [6.45, 7) is 4.98. The SMILES string of the molecule is CCCOc1ccc(/C=N/NC(=O)c2nc(Cl)c(Cl)c(N)c2Cl)cc1OCC. The molecule has 0 saturated carbocycles. The lowest BCUT2D eigenvalue weighted by molar-refractivity contribution is 0.0950. The first kappa shape index (κ1) is 22.1. The molecule has 0 aliphatic rings. The Morgan fingerprint density at radius 2 is 1.96 bits per heavy atom. The van der Waals surface area contributed by atoms with Gasteiger partial charge in [0.1, 0.15) is 5.02 Å². The van der Waals surface area contributed by atoms with Gasteiger partial charge in [-0.15, -0.1) is 0 Å². The maximum atomic E-state index is 12.2. The number of aromatic nitrogens is 1. The van der Waals surface area contributed by atoms with Crippen molar-refractivity contribution in [2.75, 3.05) is 18.9 Å². The number of carbonyl (C=O) groups is 1. The van der Waals surface area contributed by atoms with Crippen LogP contribution in [0.5, 0.6) is 11.5 Å². The second-order valence-electron chi connectivity index (χ2n) is 5.48. The van der Waals surface area contributed by atoms with E-state index in [2.05, 4.69) is 15.5 Å². The Bertz CT molecular complexity index is 891. The van der Waals surface area contributed by atoms with Crippen LogP contribution in [0.15, 0.2) is 23.3 Å². The molecule has 1 aromatic heterocycles. The number of hydrogen-bond donors (Lipinski definition) is 2. The lowest BCUT2D eigenvalue weighted by atomic mass is 10.2. The van der Waals surface area contributed by atoms with Gasteiger partial charge in [-0.2, -0.15) is 5.10 Å². The van der Waals surface area contributed by atoms with Gasteiger partial charge < -0.3 is 15.2 Å². The summed E-state index contributed by atoms with van der Waals surface area (Å²) < 4.78 is 11.2. The van der Waals surface area contributed by atoms with Crippen molar-refractivity contribution >= 4 is 52.6 Å². The van der Waals surface area contributed by atoms with E-state index in [0.29, 0.717) is 30.3 Å². The first-order chi connectivity index (χ1) is 13.4. The minimum Gasteiger partial charge on any atom is -0.490 e. The number of anilines is 1. The van der Waals surface area contributed by atoms with E-state index in [1.54, 1.807) is 18.2 Å². The second kappa shape index (κ2) is 10.4. The number of nitrogens with two attached hydrogens (primary N) is 1. The topological polar surface area (TPSA) is 98.8 Å². The Labute approximate surface area is 177 Å². The van der Waals surface area contributed by atoms with Crippen LogP contribution in [0, 0.1) is 0 Å². The summed E-state index contributed by atoms with van der Waals surface area (Å²) in [4.78, 5) is 16.1. The molecule has 1 heterocycles. The van der Waals surface area contributed by atoms with Gasteiger partial charge in [0.25, 0.3) is 5.91 Å². The van der Waals surface area contributed by atoms with Crippen molar-refractivity contribution in [3.8, 4) is 11.5 Å². The Balaban J connectivity index is 2.14. The van der Waals surface area contributed by atoms with Crippen molar-refractivity contribution in [1.29, 1.82) is 0 Å². The molecular weight excluding hydrogens is 427 g/mol. The first-order valence-corrected chi connectivity index (χ1v) is 9.55. The van der Waals surface area contributed by atoms with E-state index in [0.717, 1.165) is 6.42 Å². The molecule has 150 valence electrons. The molecule has 10 heteroatoms. The van der Waals surface area contributed by atoms with Crippen LogP contribution >= 0.6 is 34.8 Å². The number of nitrogens with zero attached hydrogens (tertiary/aromatic N) is 2. The zero-order valence-corrected chi connectivity index (χ0v) is 17.5. The van der Waals surface area contributed by atoms with E-state index < -0.39 is 5.91 Å². The van der Waals surface area contributed by atoms with Crippen molar-refractivity contribution in [2.24, 2.45) is 5.10 Å². The number of benzene rings is 1. The van der Waals surface area contributed by atoms with Gasteiger partial charge in [0.15, 0.2) is 22.3 Å². The monoisotopic (exact) mass is 444 g/mol. The maximum Gasteiger partial charge on any atom is 0.291 e. The number of hydrogen-bond acceptors (Lipinski definition) is 6. The highest BCUT2D eigenvalue weighted by atomic mass is 35.5. The van der Waals surface area contributed by atoms with E-state index in [1.165, 1.54) is 6.21 Å². The fourth-order valence-corrected chi connectivity index (χ4v) is 2.70. The molecule has 0 aliphatic carbocycles. The summed E-state index contributed by atoms with van der Waals surface area (Å²) in [6.07, 6.45) is 2.33. The highest BCUT2D eigenvalue weighted by Crippen LogP contribution is 2.34. The Morgan fingerprint density at radius 1 is 1.21 bits per heavy atom. The highest BCUT2D eigenvalue weighted by Gasteiger charge is 2.19. The number of nitrogen functional groups attached to an aromatic ring is 1. The van der Waals surface area contributed by atoms with Crippen LogP contribution in [-0.2, 0) is 0 Å². The Kier molecular flexibility index (Phi) is 8.17. The van der Waals surface area contributed by atoms with Gasteiger partial charge >= 0.3 is 0 Å². The van der Waals surface area contributed by atoms with Crippen LogP contribution in [0.4, 0.5) is 5.69 Å². The predicted octanol–water partition coefficient (Wildman–Crippen LogP) is 4.58. The number of amides is 1. The van der Waals surface area contributed by atoms with Gasteiger partial charge in [-0.3, -0.25) is 4.79 Å². The predicted molar refractivity (Wildman–Crippen MR) is 112 cm³/mol. The smallest absolute Gasteiger partial charge is 0.291 e. The van der Waals surface area contributed by atoms with Crippen molar-refractivity contribution < 1.29 is 14.3 Å². The summed E-state index contributed by atoms with van der Waals surface area (Å²) in [6, 6.07) is 5.32. The van der Waals surface area contributed by atoms with E-state index in [4.69, 9.17) is 50.0 Å². The fourth-order valence-electron chi connectivity index (χ4n) is 2.10. The van der Waals surface area contributed by atoms with Gasteiger partial charge in [0.05, 0.1) is 30.1 Å². The summed E-state index contributed by atoms with van der Waals surface area (Å²) >= 11 is 17.7. The largest absolute Gasteiger partial charge is 0.490 e. The van der Waals surface area contributed by atoms with E-state index in [9.17, 15) is 4.79 Å². The van der Waals surface area contributed by atoms with Crippen molar-refractivity contribution in [3.63, 3.8) is 0 Å². The molecule has 3 N–H and O–H groups in total. The molecular formula is C18H19Cl3N4O3.